The molecule has 0 saturated carbocycles. The summed E-state index contributed by atoms with van der Waals surface area (Å²) in [6, 6.07) is 24.9. The first kappa shape index (κ1) is 59.2. The average Bonchev–Trinajstić information content (AvgIpc) is 3.92. The van der Waals surface area contributed by atoms with Crippen LogP contribution in [0, 0.1) is 34.7 Å². The molecule has 62 heavy (non-hydrogen) atoms. The van der Waals surface area contributed by atoms with E-state index >= 15 is 0 Å². The number of H-pyrrole nitrogens is 2. The van der Waals surface area contributed by atoms with Gasteiger partial charge in [0.15, 0.2) is 0 Å². The summed E-state index contributed by atoms with van der Waals surface area (Å²) in [6.07, 6.45) is 2.80. The van der Waals surface area contributed by atoms with Crippen LogP contribution < -0.4 is 59.1 Å². The summed E-state index contributed by atoms with van der Waals surface area (Å²) in [5.74, 6) is 0.358. The number of hydrogen-bond donors (Lipinski definition) is 2. The topological polar surface area (TPSA) is 185 Å². The summed E-state index contributed by atoms with van der Waals surface area (Å²) in [6.45, 7) is 10.8. The first-order valence-electron chi connectivity index (χ1n) is 17.1. The number of benzene rings is 4. The number of nitrogens with one attached hydrogen (secondary N) is 2. The van der Waals surface area contributed by atoms with Crippen LogP contribution in [-0.2, 0) is 43.7 Å². The van der Waals surface area contributed by atoms with Gasteiger partial charge in [0.2, 0.25) is 0 Å². The van der Waals surface area contributed by atoms with Crippen LogP contribution in [0.1, 0.15) is 53.2 Å². The Kier molecular flexibility index (Phi) is 26.0. The fraction of sp³-hybridized carbons (Fsp3) is 0.200. The molecule has 2 aromatic heterocycles. The van der Waals surface area contributed by atoms with Crippen LogP contribution in [0.15, 0.2) is 130 Å². The van der Waals surface area contributed by atoms with Crippen molar-refractivity contribution in [3.8, 4) is 11.5 Å². The number of ether oxygens (including phenoxy) is 2. The monoisotopic (exact) mass is 1030 g/mol. The minimum Gasteiger partial charge on any atom is -1.00 e. The SMILES string of the molecule is CC(C)(C)C(=O)[C-](Oc1ccc(N=Nc2ccc(F)cc2)cc1)c1ncn[nH]1.CC(C)(C)C(=O)[C-](Oc1ccc(N=Nc2ccc(F)cc2)cc1)c1ncn[nH]1.[Cl-].[Cl-].[Cl-].[Cl-].[Cu+2].[Cu+2]. The summed E-state index contributed by atoms with van der Waals surface area (Å²) >= 11 is 0. The molecule has 2 radical (unpaired) electrons. The molecule has 0 bridgehead atoms. The first-order valence-corrected chi connectivity index (χ1v) is 17.1. The number of Topliss-reactive ketones (excluding diaryl/α,β-unsaturated/α-hetero) is 2. The molecule has 0 fully saturated rings. The maximum absolute atomic E-state index is 12.9. The predicted molar refractivity (Wildman–Crippen MR) is 202 cm³/mol. The second kappa shape index (κ2) is 27.2. The molecular formula is C40H38Cl4Cu2F2N10O4-2. The zero-order chi connectivity index (χ0) is 40.3. The van der Waals surface area contributed by atoms with Gasteiger partial charge >= 0.3 is 34.1 Å². The zero-order valence-corrected chi connectivity index (χ0v) is 38.4. The molecule has 0 aliphatic rings. The molecule has 6 aromatic rings. The number of aromatic amines is 2. The number of nitrogens with zero attached hydrogens (tertiary/aromatic N) is 8. The smallest absolute Gasteiger partial charge is 1.00 e. The molecule has 6 rings (SSSR count). The molecule has 14 nitrogen and oxygen atoms in total. The normalized spacial score (nSPS) is 10.5. The van der Waals surface area contributed by atoms with Gasteiger partial charge in [0.25, 0.3) is 0 Å². The Bertz CT molecular complexity index is 2090. The van der Waals surface area contributed by atoms with Crippen LogP contribution in [0.25, 0.3) is 0 Å². The van der Waals surface area contributed by atoms with E-state index in [1.807, 2.05) is 0 Å². The number of rotatable bonds is 12. The van der Waals surface area contributed by atoms with Crippen LogP contribution in [0.3, 0.4) is 0 Å². The van der Waals surface area contributed by atoms with Crippen molar-refractivity contribution in [2.75, 3.05) is 0 Å². The van der Waals surface area contributed by atoms with Crippen LogP contribution in [0.2, 0.25) is 0 Å². The van der Waals surface area contributed by atoms with Gasteiger partial charge in [-0.3, -0.25) is 10.2 Å². The minimum absolute atomic E-state index is 0. The van der Waals surface area contributed by atoms with E-state index in [-0.39, 0.29) is 131 Å². The third kappa shape index (κ3) is 17.8. The molecule has 0 aliphatic heterocycles. The third-order valence-corrected chi connectivity index (χ3v) is 7.36. The van der Waals surface area contributed by atoms with Crippen molar-refractivity contribution in [3.63, 3.8) is 0 Å². The van der Waals surface area contributed by atoms with E-state index in [2.05, 4.69) is 50.8 Å². The molecule has 4 aromatic carbocycles. The van der Waals surface area contributed by atoms with E-state index in [0.717, 1.165) is 0 Å². The maximum Gasteiger partial charge on any atom is 2.00 e. The fourth-order valence-electron chi connectivity index (χ4n) is 4.36. The molecule has 0 aliphatic carbocycles. The summed E-state index contributed by atoms with van der Waals surface area (Å²) in [7, 11) is 0. The van der Waals surface area contributed by atoms with Crippen molar-refractivity contribution in [2.24, 2.45) is 31.3 Å². The molecule has 0 spiro atoms. The second-order valence-electron chi connectivity index (χ2n) is 14.0. The van der Waals surface area contributed by atoms with Gasteiger partial charge in [-0.25, -0.2) is 18.7 Å². The summed E-state index contributed by atoms with van der Waals surface area (Å²) in [5.41, 5.74) is 0.952. The van der Waals surface area contributed by atoms with Gasteiger partial charge in [0, 0.05) is 23.2 Å². The van der Waals surface area contributed by atoms with Gasteiger partial charge in [-0.15, -0.1) is 0 Å². The number of hydrogen-bond acceptors (Lipinski definition) is 12. The van der Waals surface area contributed by atoms with E-state index in [1.54, 1.807) is 90.1 Å². The van der Waals surface area contributed by atoms with E-state index in [4.69, 9.17) is 9.47 Å². The van der Waals surface area contributed by atoms with Crippen LogP contribution in [0.4, 0.5) is 31.5 Å². The largest absolute Gasteiger partial charge is 2.00 e. The third-order valence-electron chi connectivity index (χ3n) is 7.36. The Morgan fingerprint density at radius 3 is 0.984 bits per heavy atom. The summed E-state index contributed by atoms with van der Waals surface area (Å²) in [4.78, 5) is 33.5. The molecule has 0 saturated heterocycles. The first-order chi connectivity index (χ1) is 26.7. The molecule has 0 atom stereocenters. The molecule has 22 heteroatoms. The van der Waals surface area contributed by atoms with Gasteiger partial charge in [-0.1, -0.05) is 53.8 Å². The fourth-order valence-corrected chi connectivity index (χ4v) is 4.36. The second-order valence-corrected chi connectivity index (χ2v) is 14.0. The molecule has 2 heterocycles. The van der Waals surface area contributed by atoms with E-state index in [9.17, 15) is 18.4 Å². The molecular weight excluding hydrogens is 991 g/mol. The van der Waals surface area contributed by atoms with Crippen molar-refractivity contribution in [1.29, 1.82) is 0 Å². The number of carbonyl (C=O) groups excluding carboxylic acids is 2. The number of carbonyl (C=O) groups is 2. The Morgan fingerprint density at radius 2 is 0.758 bits per heavy atom. The number of halogens is 6. The molecule has 2 N–H and O–H groups in total. The van der Waals surface area contributed by atoms with Crippen molar-refractivity contribution in [3.05, 3.63) is 145 Å². The molecule has 338 valence electrons. The summed E-state index contributed by atoms with van der Waals surface area (Å²) < 4.78 is 37.4. The number of ketones is 2. The van der Waals surface area contributed by atoms with Crippen LogP contribution >= 0.6 is 0 Å². The van der Waals surface area contributed by atoms with Crippen molar-refractivity contribution in [2.45, 2.75) is 41.5 Å². The Hall–Kier alpha value is -4.90. The Labute approximate surface area is 403 Å². The van der Waals surface area contributed by atoms with E-state index < -0.39 is 10.8 Å². The van der Waals surface area contributed by atoms with Gasteiger partial charge in [-0.2, -0.15) is 30.7 Å². The van der Waals surface area contributed by atoms with Crippen LogP contribution in [-0.4, -0.2) is 41.9 Å². The van der Waals surface area contributed by atoms with E-state index in [1.165, 1.54) is 61.2 Å². The average molecular weight is 1030 g/mol. The van der Waals surface area contributed by atoms with Gasteiger partial charge in [0.05, 0.1) is 34.2 Å². The van der Waals surface area contributed by atoms with E-state index in [0.29, 0.717) is 34.2 Å². The molecule has 0 unspecified atom stereocenters. The quantitative estimate of drug-likeness (QED) is 0.0793. The summed E-state index contributed by atoms with van der Waals surface area (Å²) in [5, 5.41) is 29.2. The van der Waals surface area contributed by atoms with Crippen molar-refractivity contribution < 1.29 is 112 Å². The number of azo groups is 2. The minimum atomic E-state index is -0.647. The van der Waals surface area contributed by atoms with Crippen LogP contribution in [0.5, 0.6) is 11.5 Å². The van der Waals surface area contributed by atoms with Crippen molar-refractivity contribution >= 4 is 34.3 Å². The predicted octanol–water partition coefficient (Wildman–Crippen LogP) is -2.12. The van der Waals surface area contributed by atoms with Gasteiger partial charge < -0.3 is 68.7 Å². The standard InChI is InChI=1S/2C20H19FN5O2.4ClH.2Cu/c2*1-20(2,3)18(27)17(19-22-12-23-26-19)28-16-10-8-15(9-11-16)25-24-14-6-4-13(21)5-7-14;;;;;;/h2*4-12H,1-3H3,(H,22,23,26);4*1H;;/q2*-1;;;;;2*+2/p-4. The van der Waals surface area contributed by atoms with Crippen molar-refractivity contribution in [1.82, 2.24) is 30.4 Å². The zero-order valence-electron chi connectivity index (χ0n) is 33.5. The van der Waals surface area contributed by atoms with Gasteiger partial charge in [-0.05, 0) is 108 Å². The Balaban J connectivity index is 0. The Morgan fingerprint density at radius 1 is 0.500 bits per heavy atom. The number of aromatic nitrogens is 6. The molecule has 0 amide bonds. The maximum atomic E-state index is 12.9. The van der Waals surface area contributed by atoms with Gasteiger partial charge in [0.1, 0.15) is 24.3 Å².